The van der Waals surface area contributed by atoms with Gasteiger partial charge in [-0.15, -0.1) is 23.1 Å². The molecule has 0 aliphatic rings. The van der Waals surface area contributed by atoms with E-state index in [1.54, 1.807) is 23.1 Å². The van der Waals surface area contributed by atoms with Gasteiger partial charge in [-0.05, 0) is 49.7 Å². The lowest BCUT2D eigenvalue weighted by atomic mass is 10.3. The SMILES string of the molecule is CNCc1ccc(COc2ccc(SC)cc2)s1. The quantitative estimate of drug-likeness (QED) is 0.813. The summed E-state index contributed by atoms with van der Waals surface area (Å²) in [7, 11) is 1.96. The first-order valence-electron chi connectivity index (χ1n) is 5.81. The molecule has 1 heterocycles. The van der Waals surface area contributed by atoms with Crippen LogP contribution in [0.2, 0.25) is 0 Å². The van der Waals surface area contributed by atoms with Gasteiger partial charge in [0, 0.05) is 21.2 Å². The van der Waals surface area contributed by atoms with Gasteiger partial charge in [0.25, 0.3) is 0 Å². The zero-order valence-corrected chi connectivity index (χ0v) is 12.2. The van der Waals surface area contributed by atoms with Crippen LogP contribution in [0, 0.1) is 0 Å². The molecule has 2 nitrogen and oxygen atoms in total. The predicted octanol–water partition coefficient (Wildman–Crippen LogP) is 3.77. The Labute approximate surface area is 116 Å². The number of hydrogen-bond donors (Lipinski definition) is 1. The molecule has 0 saturated carbocycles. The normalized spacial score (nSPS) is 10.6. The molecule has 18 heavy (non-hydrogen) atoms. The third-order valence-electron chi connectivity index (χ3n) is 2.51. The van der Waals surface area contributed by atoms with Crippen molar-refractivity contribution in [2.24, 2.45) is 0 Å². The van der Waals surface area contributed by atoms with Crippen molar-refractivity contribution in [1.29, 1.82) is 0 Å². The molecular formula is C14H17NOS2. The Morgan fingerprint density at radius 2 is 1.83 bits per heavy atom. The molecule has 0 saturated heterocycles. The number of thiophene rings is 1. The minimum absolute atomic E-state index is 0.646. The van der Waals surface area contributed by atoms with Crippen molar-refractivity contribution in [1.82, 2.24) is 5.32 Å². The van der Waals surface area contributed by atoms with E-state index in [4.69, 9.17) is 4.74 Å². The monoisotopic (exact) mass is 279 g/mol. The fourth-order valence-electron chi connectivity index (χ4n) is 1.60. The average molecular weight is 279 g/mol. The van der Waals surface area contributed by atoms with Crippen LogP contribution in [0.25, 0.3) is 0 Å². The fourth-order valence-corrected chi connectivity index (χ4v) is 2.95. The highest BCUT2D eigenvalue weighted by Crippen LogP contribution is 2.22. The van der Waals surface area contributed by atoms with Crippen molar-refractivity contribution in [3.05, 3.63) is 46.2 Å². The first-order chi connectivity index (χ1) is 8.81. The van der Waals surface area contributed by atoms with Crippen LogP contribution in [0.15, 0.2) is 41.3 Å². The predicted molar refractivity (Wildman–Crippen MR) is 79.6 cm³/mol. The first-order valence-corrected chi connectivity index (χ1v) is 7.85. The van der Waals surface area contributed by atoms with Gasteiger partial charge in [-0.25, -0.2) is 0 Å². The second-order valence-corrected chi connectivity index (χ2v) is 6.00. The molecular weight excluding hydrogens is 262 g/mol. The topological polar surface area (TPSA) is 21.3 Å². The van der Waals surface area contributed by atoms with Gasteiger partial charge in [0.1, 0.15) is 12.4 Å². The molecule has 0 amide bonds. The van der Waals surface area contributed by atoms with E-state index < -0.39 is 0 Å². The number of benzene rings is 1. The molecule has 0 radical (unpaired) electrons. The van der Waals surface area contributed by atoms with E-state index >= 15 is 0 Å². The number of ether oxygens (including phenoxy) is 1. The molecule has 96 valence electrons. The first kappa shape index (κ1) is 13.5. The van der Waals surface area contributed by atoms with Crippen LogP contribution in [-0.2, 0) is 13.2 Å². The molecule has 0 atom stereocenters. The van der Waals surface area contributed by atoms with E-state index in [1.807, 2.05) is 19.2 Å². The lowest BCUT2D eigenvalue weighted by molar-refractivity contribution is 0.309. The second kappa shape index (κ2) is 6.83. The molecule has 0 aliphatic carbocycles. The third kappa shape index (κ3) is 3.77. The molecule has 0 unspecified atom stereocenters. The van der Waals surface area contributed by atoms with E-state index in [9.17, 15) is 0 Å². The van der Waals surface area contributed by atoms with Crippen LogP contribution in [0.4, 0.5) is 0 Å². The average Bonchev–Trinajstić information content (AvgIpc) is 2.85. The number of rotatable bonds is 6. The molecule has 1 aromatic carbocycles. The summed E-state index contributed by atoms with van der Waals surface area (Å²) in [6, 6.07) is 12.5. The van der Waals surface area contributed by atoms with Gasteiger partial charge in [-0.3, -0.25) is 0 Å². The van der Waals surface area contributed by atoms with Gasteiger partial charge in [0.15, 0.2) is 0 Å². The third-order valence-corrected chi connectivity index (χ3v) is 4.31. The largest absolute Gasteiger partial charge is 0.488 e. The van der Waals surface area contributed by atoms with Crippen LogP contribution in [0.3, 0.4) is 0 Å². The minimum Gasteiger partial charge on any atom is -0.488 e. The number of thioether (sulfide) groups is 1. The van der Waals surface area contributed by atoms with Crippen LogP contribution in [0.1, 0.15) is 9.75 Å². The maximum absolute atomic E-state index is 5.76. The van der Waals surface area contributed by atoms with E-state index in [0.29, 0.717) is 6.61 Å². The van der Waals surface area contributed by atoms with Crippen LogP contribution >= 0.6 is 23.1 Å². The maximum Gasteiger partial charge on any atom is 0.122 e. The van der Waals surface area contributed by atoms with Gasteiger partial charge in [-0.2, -0.15) is 0 Å². The highest BCUT2D eigenvalue weighted by Gasteiger charge is 2.01. The van der Waals surface area contributed by atoms with E-state index in [-0.39, 0.29) is 0 Å². The summed E-state index contributed by atoms with van der Waals surface area (Å²) >= 11 is 3.53. The summed E-state index contributed by atoms with van der Waals surface area (Å²) in [5, 5.41) is 3.15. The molecule has 1 aromatic heterocycles. The second-order valence-electron chi connectivity index (χ2n) is 3.86. The van der Waals surface area contributed by atoms with Crippen molar-refractivity contribution < 1.29 is 4.74 Å². The molecule has 0 bridgehead atoms. The zero-order chi connectivity index (χ0) is 12.8. The van der Waals surface area contributed by atoms with Crippen molar-refractivity contribution >= 4 is 23.1 Å². The Kier molecular flexibility index (Phi) is 5.11. The summed E-state index contributed by atoms with van der Waals surface area (Å²) < 4.78 is 5.76. The lowest BCUT2D eigenvalue weighted by Gasteiger charge is -2.05. The Hall–Kier alpha value is -0.970. The molecule has 4 heteroatoms. The summed E-state index contributed by atoms with van der Waals surface area (Å²) in [5.41, 5.74) is 0. The van der Waals surface area contributed by atoms with Gasteiger partial charge in [0.2, 0.25) is 0 Å². The standard InChI is InChI=1S/C14H17NOS2/c1-15-9-13-7-8-14(18-13)10-16-11-3-5-12(17-2)6-4-11/h3-8,15H,9-10H2,1-2H3. The van der Waals surface area contributed by atoms with Crippen molar-refractivity contribution in [3.63, 3.8) is 0 Å². The Balaban J connectivity index is 1.89. The van der Waals surface area contributed by atoms with Crippen LogP contribution < -0.4 is 10.1 Å². The number of hydrogen-bond acceptors (Lipinski definition) is 4. The van der Waals surface area contributed by atoms with E-state index in [2.05, 4.69) is 35.8 Å². The van der Waals surface area contributed by atoms with E-state index in [1.165, 1.54) is 14.6 Å². The van der Waals surface area contributed by atoms with Gasteiger partial charge >= 0.3 is 0 Å². The van der Waals surface area contributed by atoms with Crippen molar-refractivity contribution in [2.45, 2.75) is 18.0 Å². The summed E-state index contributed by atoms with van der Waals surface area (Å²) in [6.07, 6.45) is 2.07. The molecule has 0 spiro atoms. The summed E-state index contributed by atoms with van der Waals surface area (Å²) in [6.45, 7) is 1.57. The molecule has 2 aromatic rings. The Morgan fingerprint density at radius 1 is 1.11 bits per heavy atom. The minimum atomic E-state index is 0.646. The molecule has 2 rings (SSSR count). The number of nitrogens with one attached hydrogen (secondary N) is 1. The van der Waals surface area contributed by atoms with Crippen LogP contribution in [-0.4, -0.2) is 13.3 Å². The van der Waals surface area contributed by atoms with Crippen LogP contribution in [0.5, 0.6) is 5.75 Å². The Morgan fingerprint density at radius 3 is 2.50 bits per heavy atom. The van der Waals surface area contributed by atoms with Gasteiger partial charge in [0.05, 0.1) is 0 Å². The highest BCUT2D eigenvalue weighted by atomic mass is 32.2. The fraction of sp³-hybridized carbons (Fsp3) is 0.286. The highest BCUT2D eigenvalue weighted by molar-refractivity contribution is 7.98. The van der Waals surface area contributed by atoms with Gasteiger partial charge < -0.3 is 10.1 Å². The molecule has 0 fully saturated rings. The smallest absolute Gasteiger partial charge is 0.122 e. The van der Waals surface area contributed by atoms with Gasteiger partial charge in [-0.1, -0.05) is 0 Å². The lowest BCUT2D eigenvalue weighted by Crippen LogP contribution is -2.02. The molecule has 0 aliphatic heterocycles. The van der Waals surface area contributed by atoms with Crippen molar-refractivity contribution in [3.8, 4) is 5.75 Å². The van der Waals surface area contributed by atoms with E-state index in [0.717, 1.165) is 12.3 Å². The summed E-state index contributed by atoms with van der Waals surface area (Å²) in [4.78, 5) is 3.86. The summed E-state index contributed by atoms with van der Waals surface area (Å²) in [5.74, 6) is 0.927. The molecule has 1 N–H and O–H groups in total. The zero-order valence-electron chi connectivity index (χ0n) is 10.6. The Bertz CT molecular complexity index is 479. The van der Waals surface area contributed by atoms with Crippen molar-refractivity contribution in [2.75, 3.05) is 13.3 Å². The maximum atomic E-state index is 5.76.